The Morgan fingerprint density at radius 3 is 2.30 bits per heavy atom. The Labute approximate surface area is 229 Å². The van der Waals surface area contributed by atoms with E-state index in [1.165, 1.54) is 6.33 Å². The number of ether oxygens (including phenoxy) is 1. The largest absolute Gasteiger partial charge is 0.497 e. The molecular formula is C31H23N7O2. The average Bonchev–Trinajstić information content (AvgIpc) is 3.63. The van der Waals surface area contributed by atoms with Gasteiger partial charge in [0, 0.05) is 29.3 Å². The minimum Gasteiger partial charge on any atom is -0.497 e. The van der Waals surface area contributed by atoms with E-state index in [0.29, 0.717) is 29.2 Å². The van der Waals surface area contributed by atoms with Crippen LogP contribution < -0.4 is 10.1 Å². The maximum Gasteiger partial charge on any atom is 0.280 e. The Morgan fingerprint density at radius 2 is 1.57 bits per heavy atom. The maximum atomic E-state index is 14.3. The van der Waals surface area contributed by atoms with Gasteiger partial charge < -0.3 is 10.1 Å². The van der Waals surface area contributed by atoms with Gasteiger partial charge in [-0.05, 0) is 23.3 Å². The molecule has 40 heavy (non-hydrogen) atoms. The molecule has 3 aromatic carbocycles. The predicted octanol–water partition coefficient (Wildman–Crippen LogP) is 5.38. The fraction of sp³-hybridized carbons (Fsp3) is 0.0645. The molecule has 1 N–H and O–H groups in total. The molecule has 1 aliphatic heterocycles. The lowest BCUT2D eigenvalue weighted by molar-refractivity contribution is 0.0958. The first-order valence-electron chi connectivity index (χ1n) is 12.8. The molecule has 0 saturated heterocycles. The van der Waals surface area contributed by atoms with Crippen molar-refractivity contribution in [1.82, 2.24) is 29.4 Å². The van der Waals surface area contributed by atoms with Crippen LogP contribution in [0.1, 0.15) is 16.1 Å². The number of allylic oxidation sites excluding steroid dienone is 2. The third-order valence-electron chi connectivity index (χ3n) is 6.97. The third-order valence-corrected chi connectivity index (χ3v) is 6.97. The molecule has 6 aromatic rings. The van der Waals surface area contributed by atoms with Gasteiger partial charge in [0.25, 0.3) is 5.91 Å². The zero-order valence-corrected chi connectivity index (χ0v) is 21.5. The second kappa shape index (κ2) is 9.63. The molecule has 3 aromatic heterocycles. The van der Waals surface area contributed by atoms with Gasteiger partial charge in [0.1, 0.15) is 29.9 Å². The van der Waals surface area contributed by atoms with E-state index in [0.717, 1.165) is 39.3 Å². The first-order chi connectivity index (χ1) is 19.7. The topological polar surface area (TPSA) is 99.2 Å². The summed E-state index contributed by atoms with van der Waals surface area (Å²) in [4.78, 5) is 23.1. The van der Waals surface area contributed by atoms with E-state index in [1.54, 1.807) is 28.7 Å². The summed E-state index contributed by atoms with van der Waals surface area (Å²) in [5, 5.41) is 12.5. The minimum atomic E-state index is -0.225. The van der Waals surface area contributed by atoms with Crippen molar-refractivity contribution in [3.63, 3.8) is 0 Å². The Kier molecular flexibility index (Phi) is 5.67. The van der Waals surface area contributed by atoms with Gasteiger partial charge >= 0.3 is 0 Å². The molecule has 9 nitrogen and oxygen atoms in total. The van der Waals surface area contributed by atoms with Crippen LogP contribution in [-0.4, -0.2) is 42.4 Å². The normalized spacial score (nSPS) is 13.0. The molecule has 0 radical (unpaired) electrons. The lowest BCUT2D eigenvalue weighted by atomic mass is 9.92. The van der Waals surface area contributed by atoms with Crippen LogP contribution >= 0.6 is 0 Å². The summed E-state index contributed by atoms with van der Waals surface area (Å²) in [6.45, 7) is 0. The van der Waals surface area contributed by atoms with Gasteiger partial charge in [-0.2, -0.15) is 14.9 Å². The molecule has 0 amide bonds. The Morgan fingerprint density at radius 1 is 0.850 bits per heavy atom. The number of benzene rings is 3. The minimum absolute atomic E-state index is 0.225. The van der Waals surface area contributed by atoms with Gasteiger partial charge in [0.15, 0.2) is 5.65 Å². The molecular weight excluding hydrogens is 502 g/mol. The standard InChI is InChI=1S/C31H23N7O2/c1-40-23-14-12-21(13-15-23)28-24(35-26-17-27-32-18-34-37(27)19-33-26)16-25-29(20-8-4-2-5-9-20)30(36-38(25)31(28)39)22-10-6-3-7-11-22/h2-15,17-19,35H,16H2,1H3. The van der Waals surface area contributed by atoms with Crippen LogP contribution in [0, 0.1) is 0 Å². The van der Waals surface area contributed by atoms with Gasteiger partial charge in [-0.3, -0.25) is 4.79 Å². The van der Waals surface area contributed by atoms with Crippen molar-refractivity contribution in [2.24, 2.45) is 0 Å². The van der Waals surface area contributed by atoms with E-state index in [-0.39, 0.29) is 5.91 Å². The van der Waals surface area contributed by atoms with E-state index in [9.17, 15) is 4.79 Å². The second-order valence-corrected chi connectivity index (χ2v) is 9.34. The molecule has 9 heteroatoms. The first-order valence-corrected chi connectivity index (χ1v) is 12.8. The summed E-state index contributed by atoms with van der Waals surface area (Å²) in [6, 6.07) is 29.3. The summed E-state index contributed by atoms with van der Waals surface area (Å²) in [6.07, 6.45) is 3.50. The van der Waals surface area contributed by atoms with E-state index in [2.05, 4.69) is 20.4 Å². The Balaban J connectivity index is 1.42. The SMILES string of the molecule is COc1ccc(C2=C(Nc3cc4ncnn4cn3)Cc3c(-c4ccccc4)c(-c4ccccc4)nn3C2=O)cc1. The fourth-order valence-electron chi connectivity index (χ4n) is 5.09. The van der Waals surface area contributed by atoms with Gasteiger partial charge in [0.2, 0.25) is 0 Å². The Bertz CT molecular complexity index is 1890. The number of carbonyl (C=O) groups excluding carboxylic acids is 1. The molecule has 0 fully saturated rings. The average molecular weight is 526 g/mol. The summed E-state index contributed by atoms with van der Waals surface area (Å²) < 4.78 is 8.49. The summed E-state index contributed by atoms with van der Waals surface area (Å²) in [5.41, 5.74) is 7.05. The highest BCUT2D eigenvalue weighted by atomic mass is 16.5. The van der Waals surface area contributed by atoms with Gasteiger partial charge in [-0.25, -0.2) is 14.5 Å². The number of fused-ring (bicyclic) bond motifs is 2. The summed E-state index contributed by atoms with van der Waals surface area (Å²) in [7, 11) is 1.62. The second-order valence-electron chi connectivity index (χ2n) is 9.34. The number of rotatable bonds is 6. The van der Waals surface area contributed by atoms with Gasteiger partial charge in [0.05, 0.1) is 18.4 Å². The zero-order chi connectivity index (χ0) is 27.1. The molecule has 0 unspecified atom stereocenters. The van der Waals surface area contributed by atoms with Crippen molar-refractivity contribution in [1.29, 1.82) is 0 Å². The Hall–Kier alpha value is -5.57. The molecule has 1 aliphatic rings. The number of methoxy groups -OCH3 is 1. The van der Waals surface area contributed by atoms with Crippen molar-refractivity contribution in [3.8, 4) is 28.1 Å². The first kappa shape index (κ1) is 23.5. The predicted molar refractivity (Wildman–Crippen MR) is 152 cm³/mol. The van der Waals surface area contributed by atoms with Gasteiger partial charge in [-0.15, -0.1) is 0 Å². The van der Waals surface area contributed by atoms with Crippen molar-refractivity contribution in [3.05, 3.63) is 121 Å². The molecule has 0 bridgehead atoms. The van der Waals surface area contributed by atoms with E-state index in [4.69, 9.17) is 9.84 Å². The lowest BCUT2D eigenvalue weighted by Gasteiger charge is -2.23. The van der Waals surface area contributed by atoms with E-state index in [1.807, 2.05) is 84.9 Å². The highest BCUT2D eigenvalue weighted by Crippen LogP contribution is 2.40. The highest BCUT2D eigenvalue weighted by molar-refractivity contribution is 6.23. The van der Waals surface area contributed by atoms with E-state index < -0.39 is 0 Å². The van der Waals surface area contributed by atoms with Crippen molar-refractivity contribution in [2.45, 2.75) is 6.42 Å². The quantitative estimate of drug-likeness (QED) is 0.312. The lowest BCUT2D eigenvalue weighted by Crippen LogP contribution is -2.26. The maximum absolute atomic E-state index is 14.3. The van der Waals surface area contributed by atoms with E-state index >= 15 is 0 Å². The summed E-state index contributed by atoms with van der Waals surface area (Å²) >= 11 is 0. The molecule has 194 valence electrons. The third kappa shape index (κ3) is 4.01. The van der Waals surface area contributed by atoms with Crippen molar-refractivity contribution in [2.75, 3.05) is 12.4 Å². The van der Waals surface area contributed by atoms with Crippen LogP contribution in [0.25, 0.3) is 33.6 Å². The van der Waals surface area contributed by atoms with Crippen LogP contribution in [0.2, 0.25) is 0 Å². The number of aromatic nitrogens is 6. The molecule has 0 aliphatic carbocycles. The van der Waals surface area contributed by atoms with Crippen molar-refractivity contribution < 1.29 is 9.53 Å². The van der Waals surface area contributed by atoms with Gasteiger partial charge in [-0.1, -0.05) is 72.8 Å². The molecule has 0 spiro atoms. The number of hydrogen-bond donors (Lipinski definition) is 1. The molecule has 0 saturated carbocycles. The molecule has 4 heterocycles. The van der Waals surface area contributed by atoms with Crippen LogP contribution in [0.5, 0.6) is 5.75 Å². The zero-order valence-electron chi connectivity index (χ0n) is 21.5. The smallest absolute Gasteiger partial charge is 0.280 e. The fourth-order valence-corrected chi connectivity index (χ4v) is 5.09. The number of anilines is 1. The number of nitrogens with zero attached hydrogens (tertiary/aromatic N) is 6. The summed E-state index contributed by atoms with van der Waals surface area (Å²) in [5.74, 6) is 1.04. The monoisotopic (exact) mass is 525 g/mol. The molecule has 0 atom stereocenters. The highest BCUT2D eigenvalue weighted by Gasteiger charge is 2.33. The molecule has 7 rings (SSSR count). The number of nitrogens with one attached hydrogen (secondary N) is 1. The van der Waals surface area contributed by atoms with Crippen LogP contribution in [-0.2, 0) is 6.42 Å². The van der Waals surface area contributed by atoms with Crippen LogP contribution in [0.3, 0.4) is 0 Å². The number of hydrogen-bond acceptors (Lipinski definition) is 7. The number of carbonyl (C=O) groups is 1. The van der Waals surface area contributed by atoms with Crippen molar-refractivity contribution >= 4 is 22.9 Å². The van der Waals surface area contributed by atoms with Crippen LogP contribution in [0.15, 0.2) is 109 Å². The van der Waals surface area contributed by atoms with Crippen LogP contribution in [0.4, 0.5) is 5.82 Å².